The van der Waals surface area contributed by atoms with Gasteiger partial charge in [0.2, 0.25) is 5.91 Å². The minimum atomic E-state index is -0.148. The highest BCUT2D eigenvalue weighted by Crippen LogP contribution is 2.33. The maximum atomic E-state index is 11.3. The van der Waals surface area contributed by atoms with Crippen molar-refractivity contribution in [2.75, 3.05) is 11.9 Å². The van der Waals surface area contributed by atoms with Gasteiger partial charge in [0.25, 0.3) is 0 Å². The van der Waals surface area contributed by atoms with E-state index >= 15 is 0 Å². The van der Waals surface area contributed by atoms with Gasteiger partial charge in [-0.05, 0) is 42.5 Å². The molecular weight excluding hydrogens is 314 g/mol. The van der Waals surface area contributed by atoms with Crippen LogP contribution in [0.25, 0.3) is 11.1 Å². The molecule has 0 saturated heterocycles. The number of anilines is 1. The second kappa shape index (κ2) is 8.62. The van der Waals surface area contributed by atoms with E-state index in [9.17, 15) is 4.79 Å². The highest BCUT2D eigenvalue weighted by molar-refractivity contribution is 5.88. The Morgan fingerprint density at radius 3 is 2.76 bits per heavy atom. The predicted octanol–water partition coefficient (Wildman–Crippen LogP) is 3.77. The number of hydrogen-bond acceptors (Lipinski definition) is 4. The number of rotatable bonds is 7. The third-order valence-electron chi connectivity index (χ3n) is 3.80. The van der Waals surface area contributed by atoms with Crippen LogP contribution in [0.1, 0.15) is 32.8 Å². The zero-order valence-electron chi connectivity index (χ0n) is 15.4. The van der Waals surface area contributed by atoms with E-state index in [2.05, 4.69) is 24.1 Å². The molecule has 3 N–H and O–H groups in total. The SMILES string of the molecule is CC(=O)Nc1cc(-c2cccc(C)c2OCC(N)CC(C)C)ccn1. The van der Waals surface area contributed by atoms with Gasteiger partial charge in [0, 0.05) is 24.7 Å². The summed E-state index contributed by atoms with van der Waals surface area (Å²) in [5.74, 6) is 1.73. The van der Waals surface area contributed by atoms with E-state index in [-0.39, 0.29) is 11.9 Å². The van der Waals surface area contributed by atoms with Gasteiger partial charge in [-0.1, -0.05) is 32.0 Å². The van der Waals surface area contributed by atoms with Crippen LogP contribution in [0.15, 0.2) is 36.5 Å². The molecule has 5 heteroatoms. The molecule has 0 aliphatic carbocycles. The maximum Gasteiger partial charge on any atom is 0.222 e. The minimum Gasteiger partial charge on any atom is -0.491 e. The average molecular weight is 341 g/mol. The molecule has 1 unspecified atom stereocenters. The number of amides is 1. The van der Waals surface area contributed by atoms with E-state index in [1.54, 1.807) is 6.20 Å². The number of nitrogens with one attached hydrogen (secondary N) is 1. The standard InChI is InChI=1S/C20H27N3O2/c1-13(2)10-17(21)12-25-20-14(3)6-5-7-18(20)16-8-9-22-19(11-16)23-15(4)24/h5-9,11,13,17H,10,12,21H2,1-4H3,(H,22,23,24). The molecular formula is C20H27N3O2. The largest absolute Gasteiger partial charge is 0.491 e. The van der Waals surface area contributed by atoms with Crippen LogP contribution in [0, 0.1) is 12.8 Å². The Morgan fingerprint density at radius 2 is 2.08 bits per heavy atom. The van der Waals surface area contributed by atoms with Crippen molar-refractivity contribution in [3.05, 3.63) is 42.1 Å². The number of pyridine rings is 1. The van der Waals surface area contributed by atoms with E-state index in [4.69, 9.17) is 10.5 Å². The second-order valence-corrected chi connectivity index (χ2v) is 6.76. The van der Waals surface area contributed by atoms with E-state index in [1.807, 2.05) is 37.3 Å². The summed E-state index contributed by atoms with van der Waals surface area (Å²) in [5.41, 5.74) is 9.11. The molecule has 25 heavy (non-hydrogen) atoms. The zero-order chi connectivity index (χ0) is 18.4. The lowest BCUT2D eigenvalue weighted by Crippen LogP contribution is -2.29. The first kappa shape index (κ1) is 18.9. The molecule has 134 valence electrons. The first-order valence-corrected chi connectivity index (χ1v) is 8.58. The van der Waals surface area contributed by atoms with Gasteiger partial charge in [0.1, 0.15) is 18.2 Å². The molecule has 0 spiro atoms. The number of benzene rings is 1. The van der Waals surface area contributed by atoms with Crippen molar-refractivity contribution in [2.24, 2.45) is 11.7 Å². The van der Waals surface area contributed by atoms with Gasteiger partial charge >= 0.3 is 0 Å². The van der Waals surface area contributed by atoms with Crippen molar-refractivity contribution in [3.63, 3.8) is 0 Å². The first-order chi connectivity index (χ1) is 11.9. The molecule has 0 aliphatic rings. The smallest absolute Gasteiger partial charge is 0.222 e. The molecule has 0 aliphatic heterocycles. The predicted molar refractivity (Wildman–Crippen MR) is 102 cm³/mol. The molecule has 0 fully saturated rings. The van der Waals surface area contributed by atoms with Gasteiger partial charge in [0.15, 0.2) is 0 Å². The van der Waals surface area contributed by atoms with Gasteiger partial charge in [-0.3, -0.25) is 4.79 Å². The Bertz CT molecular complexity index is 729. The Hall–Kier alpha value is -2.40. The summed E-state index contributed by atoms with van der Waals surface area (Å²) in [6.07, 6.45) is 2.60. The third-order valence-corrected chi connectivity index (χ3v) is 3.80. The number of carbonyl (C=O) groups is 1. The molecule has 1 aromatic heterocycles. The number of nitrogens with two attached hydrogens (primary N) is 1. The van der Waals surface area contributed by atoms with Crippen LogP contribution in [0.5, 0.6) is 5.75 Å². The first-order valence-electron chi connectivity index (χ1n) is 8.58. The number of hydrogen-bond donors (Lipinski definition) is 2. The monoisotopic (exact) mass is 341 g/mol. The Kier molecular flexibility index (Phi) is 6.53. The summed E-state index contributed by atoms with van der Waals surface area (Å²) in [7, 11) is 0. The van der Waals surface area contributed by atoms with Crippen molar-refractivity contribution in [3.8, 4) is 16.9 Å². The highest BCUT2D eigenvalue weighted by Gasteiger charge is 2.13. The van der Waals surface area contributed by atoms with Crippen LogP contribution >= 0.6 is 0 Å². The summed E-state index contributed by atoms with van der Waals surface area (Å²) >= 11 is 0. The second-order valence-electron chi connectivity index (χ2n) is 6.76. The summed E-state index contributed by atoms with van der Waals surface area (Å²) in [6, 6.07) is 9.76. The van der Waals surface area contributed by atoms with Crippen molar-refractivity contribution in [2.45, 2.75) is 40.2 Å². The zero-order valence-corrected chi connectivity index (χ0v) is 15.4. The van der Waals surface area contributed by atoms with E-state index in [0.29, 0.717) is 18.3 Å². The Morgan fingerprint density at radius 1 is 1.32 bits per heavy atom. The topological polar surface area (TPSA) is 77.2 Å². The highest BCUT2D eigenvalue weighted by atomic mass is 16.5. The molecule has 1 amide bonds. The van der Waals surface area contributed by atoms with E-state index in [0.717, 1.165) is 28.9 Å². The molecule has 1 atom stereocenters. The van der Waals surface area contributed by atoms with Crippen LogP contribution in [0.2, 0.25) is 0 Å². The van der Waals surface area contributed by atoms with Crippen molar-refractivity contribution in [1.82, 2.24) is 4.98 Å². The van der Waals surface area contributed by atoms with Crippen LogP contribution < -0.4 is 15.8 Å². The maximum absolute atomic E-state index is 11.3. The summed E-state index contributed by atoms with van der Waals surface area (Å²) in [4.78, 5) is 15.4. The van der Waals surface area contributed by atoms with Crippen LogP contribution in [0.4, 0.5) is 5.82 Å². The number of nitrogens with zero attached hydrogens (tertiary/aromatic N) is 1. The van der Waals surface area contributed by atoms with E-state index in [1.165, 1.54) is 6.92 Å². The molecule has 2 rings (SSSR count). The van der Waals surface area contributed by atoms with E-state index < -0.39 is 0 Å². The molecule has 0 radical (unpaired) electrons. The summed E-state index contributed by atoms with van der Waals surface area (Å²) in [5, 5.41) is 2.71. The third kappa shape index (κ3) is 5.57. The van der Waals surface area contributed by atoms with Crippen molar-refractivity contribution >= 4 is 11.7 Å². The van der Waals surface area contributed by atoms with Crippen molar-refractivity contribution < 1.29 is 9.53 Å². The summed E-state index contributed by atoms with van der Waals surface area (Å²) in [6.45, 7) is 8.26. The van der Waals surface area contributed by atoms with Gasteiger partial charge < -0.3 is 15.8 Å². The number of ether oxygens (including phenoxy) is 1. The van der Waals surface area contributed by atoms with Crippen LogP contribution in [0.3, 0.4) is 0 Å². The molecule has 0 bridgehead atoms. The molecule has 5 nitrogen and oxygen atoms in total. The number of para-hydroxylation sites is 1. The molecule has 1 heterocycles. The van der Waals surface area contributed by atoms with Gasteiger partial charge in [-0.2, -0.15) is 0 Å². The number of carbonyl (C=O) groups excluding carboxylic acids is 1. The fraction of sp³-hybridized carbons (Fsp3) is 0.400. The summed E-state index contributed by atoms with van der Waals surface area (Å²) < 4.78 is 6.07. The lowest BCUT2D eigenvalue weighted by molar-refractivity contribution is -0.114. The fourth-order valence-corrected chi connectivity index (χ4v) is 2.78. The molecule has 0 saturated carbocycles. The average Bonchev–Trinajstić information content (AvgIpc) is 2.52. The van der Waals surface area contributed by atoms with Crippen LogP contribution in [-0.4, -0.2) is 23.5 Å². The fourth-order valence-electron chi connectivity index (χ4n) is 2.78. The Balaban J connectivity index is 2.27. The van der Waals surface area contributed by atoms with Crippen molar-refractivity contribution in [1.29, 1.82) is 0 Å². The lowest BCUT2D eigenvalue weighted by atomic mass is 10.0. The van der Waals surface area contributed by atoms with Crippen LogP contribution in [-0.2, 0) is 4.79 Å². The normalized spacial score (nSPS) is 12.1. The Labute approximate surface area is 149 Å². The molecule has 2 aromatic rings. The van der Waals surface area contributed by atoms with Gasteiger partial charge in [0.05, 0.1) is 0 Å². The minimum absolute atomic E-state index is 0.000151. The number of aromatic nitrogens is 1. The lowest BCUT2D eigenvalue weighted by Gasteiger charge is -2.19. The van der Waals surface area contributed by atoms with Gasteiger partial charge in [-0.15, -0.1) is 0 Å². The quantitative estimate of drug-likeness (QED) is 0.804. The number of aryl methyl sites for hydroxylation is 1. The van der Waals surface area contributed by atoms with Gasteiger partial charge in [-0.25, -0.2) is 4.98 Å². The molecule has 1 aromatic carbocycles.